The quantitative estimate of drug-likeness (QED) is 0.253. The normalized spacial score (nSPS) is 16.3. The molecule has 0 aromatic heterocycles. The summed E-state index contributed by atoms with van der Waals surface area (Å²) >= 11 is 6.73. The molecule has 0 aliphatic carbocycles. The molecule has 4 amide bonds. The Morgan fingerprint density at radius 2 is 1.78 bits per heavy atom. The molecular formula is C29H36Br2N6O4. The molecule has 2 heterocycles. The van der Waals surface area contributed by atoms with E-state index in [1.807, 2.05) is 48.2 Å². The van der Waals surface area contributed by atoms with Gasteiger partial charge in [-0.25, -0.2) is 4.79 Å². The molecule has 0 radical (unpaired) electrons. The number of halogens is 2. The molecule has 0 unspecified atom stereocenters. The average Bonchev–Trinajstić information content (AvgIpc) is 2.94. The van der Waals surface area contributed by atoms with Crippen LogP contribution in [0.1, 0.15) is 48.0 Å². The number of carbonyl (C=O) groups excluding carboxylic acids is 4. The number of nitrogen functional groups attached to an aromatic ring is 1. The van der Waals surface area contributed by atoms with Gasteiger partial charge in [0, 0.05) is 58.7 Å². The number of nitrogens with zero attached hydrogens (tertiary/aromatic N) is 3. The highest BCUT2D eigenvalue weighted by Crippen LogP contribution is 2.31. The van der Waals surface area contributed by atoms with Crippen molar-refractivity contribution in [1.82, 2.24) is 20.0 Å². The number of carbonyl (C=O) groups is 4. The maximum absolute atomic E-state index is 13.7. The van der Waals surface area contributed by atoms with Crippen LogP contribution in [0.15, 0.2) is 45.3 Å². The Bertz CT molecular complexity index is 1290. The number of nitrogens with one attached hydrogen (secondary N) is 2. The first-order chi connectivity index (χ1) is 19.5. The minimum absolute atomic E-state index is 0.0161. The molecule has 4 N–H and O–H groups in total. The zero-order chi connectivity index (χ0) is 29.7. The summed E-state index contributed by atoms with van der Waals surface area (Å²) in [5.74, 6) is -0.840. The Kier molecular flexibility index (Phi) is 10.4. The zero-order valence-corrected chi connectivity index (χ0v) is 26.5. The summed E-state index contributed by atoms with van der Waals surface area (Å²) in [5.41, 5.74) is 8.71. The van der Waals surface area contributed by atoms with E-state index in [0.29, 0.717) is 59.1 Å². The minimum Gasteiger partial charge on any atom is -0.397 e. The van der Waals surface area contributed by atoms with E-state index in [2.05, 4.69) is 42.5 Å². The van der Waals surface area contributed by atoms with Crippen molar-refractivity contribution in [2.24, 2.45) is 0 Å². The number of nitrogens with two attached hydrogens (primary N) is 1. The van der Waals surface area contributed by atoms with Crippen molar-refractivity contribution < 1.29 is 19.2 Å². The number of fused-ring (bicyclic) bond motifs is 1. The Morgan fingerprint density at radius 1 is 1.12 bits per heavy atom. The van der Waals surface area contributed by atoms with E-state index >= 15 is 0 Å². The summed E-state index contributed by atoms with van der Waals surface area (Å²) in [7, 11) is 3.86. The molecule has 1 fully saturated rings. The Hall–Kier alpha value is -2.96. The summed E-state index contributed by atoms with van der Waals surface area (Å²) < 4.78 is 1.13. The third-order valence-electron chi connectivity index (χ3n) is 7.51. The molecule has 0 bridgehead atoms. The Labute approximate surface area is 257 Å². The predicted molar refractivity (Wildman–Crippen MR) is 166 cm³/mol. The number of para-hydroxylation sites is 1. The highest BCUT2D eigenvalue weighted by Gasteiger charge is 2.35. The molecule has 12 heteroatoms. The molecule has 10 nitrogen and oxygen atoms in total. The zero-order valence-electron chi connectivity index (χ0n) is 23.3. The molecule has 1 saturated heterocycles. The molecule has 4 rings (SSSR count). The number of likely N-dealkylation sites (tertiary alicyclic amines) is 1. The third-order valence-corrected chi connectivity index (χ3v) is 8.82. The summed E-state index contributed by atoms with van der Waals surface area (Å²) in [6.07, 6.45) is 1.93. The standard InChI is InChI=1S/C29H36Br2N6O4/c1-35(2)11-5-8-26(39)33-24(16-25(38)19-14-21(30)27(32)22(31)15-19)28(40)36-12-9-20(10-13-36)37-17-18-6-3-4-7-23(18)34-29(37)41/h3-4,6-7,14-15,20,24H,5,8-13,16-17,32H2,1-2H3,(H,33,39)(H,34,41)/t24-/m1/s1. The number of Topliss-reactive ketones (excluding diaryl/α,β-unsaturated/α-hetero) is 1. The molecule has 2 aliphatic heterocycles. The van der Waals surface area contributed by atoms with Gasteiger partial charge < -0.3 is 31.1 Å². The molecule has 0 spiro atoms. The molecule has 2 aliphatic rings. The van der Waals surface area contributed by atoms with Crippen LogP contribution >= 0.6 is 31.9 Å². The maximum Gasteiger partial charge on any atom is 0.322 e. The molecule has 220 valence electrons. The van der Waals surface area contributed by atoms with Crippen LogP contribution in [0.4, 0.5) is 16.2 Å². The highest BCUT2D eigenvalue weighted by molar-refractivity contribution is 9.11. The van der Waals surface area contributed by atoms with Crippen LogP contribution in [-0.2, 0) is 16.1 Å². The van der Waals surface area contributed by atoms with E-state index in [-0.39, 0.29) is 42.5 Å². The van der Waals surface area contributed by atoms with Gasteiger partial charge in [-0.15, -0.1) is 0 Å². The lowest BCUT2D eigenvalue weighted by Gasteiger charge is -2.41. The van der Waals surface area contributed by atoms with Gasteiger partial charge in [-0.2, -0.15) is 0 Å². The smallest absolute Gasteiger partial charge is 0.322 e. The number of piperidine rings is 1. The summed E-state index contributed by atoms with van der Waals surface area (Å²) in [4.78, 5) is 58.1. The lowest BCUT2D eigenvalue weighted by Crippen LogP contribution is -2.55. The molecule has 41 heavy (non-hydrogen) atoms. The number of benzene rings is 2. The number of rotatable bonds is 10. The van der Waals surface area contributed by atoms with E-state index in [9.17, 15) is 19.2 Å². The van der Waals surface area contributed by atoms with Crippen molar-refractivity contribution in [3.8, 4) is 0 Å². The van der Waals surface area contributed by atoms with E-state index in [4.69, 9.17) is 5.73 Å². The van der Waals surface area contributed by atoms with E-state index in [0.717, 1.165) is 17.8 Å². The van der Waals surface area contributed by atoms with Crippen molar-refractivity contribution in [3.63, 3.8) is 0 Å². The average molecular weight is 692 g/mol. The monoisotopic (exact) mass is 690 g/mol. The van der Waals surface area contributed by atoms with E-state index in [1.54, 1.807) is 17.0 Å². The highest BCUT2D eigenvalue weighted by atomic mass is 79.9. The topological polar surface area (TPSA) is 128 Å². The number of ketones is 1. The summed E-state index contributed by atoms with van der Waals surface area (Å²) in [6.45, 7) is 2.11. The van der Waals surface area contributed by atoms with Gasteiger partial charge in [-0.3, -0.25) is 14.4 Å². The minimum atomic E-state index is -0.994. The van der Waals surface area contributed by atoms with Gasteiger partial charge in [0.05, 0.1) is 5.69 Å². The lowest BCUT2D eigenvalue weighted by atomic mass is 9.98. The second-order valence-corrected chi connectivity index (χ2v) is 12.5. The van der Waals surface area contributed by atoms with Crippen molar-refractivity contribution in [2.75, 3.05) is 44.8 Å². The SMILES string of the molecule is CN(C)CCCC(=O)N[C@H](CC(=O)c1cc(Br)c(N)c(Br)c1)C(=O)N1CCC(N2Cc3ccccc3NC2=O)CC1. The van der Waals surface area contributed by atoms with Gasteiger partial charge in [0.25, 0.3) is 0 Å². The molecular weight excluding hydrogens is 656 g/mol. The fourth-order valence-corrected chi connectivity index (χ4v) is 6.39. The maximum atomic E-state index is 13.7. The van der Waals surface area contributed by atoms with Gasteiger partial charge in [-0.1, -0.05) is 18.2 Å². The fourth-order valence-electron chi connectivity index (χ4n) is 5.21. The van der Waals surface area contributed by atoms with Gasteiger partial charge in [0.2, 0.25) is 11.8 Å². The molecule has 0 saturated carbocycles. The first-order valence-corrected chi connectivity index (χ1v) is 15.3. The van der Waals surface area contributed by atoms with Crippen molar-refractivity contribution in [2.45, 2.75) is 50.7 Å². The van der Waals surface area contributed by atoms with Gasteiger partial charge in [0.15, 0.2) is 5.78 Å². The van der Waals surface area contributed by atoms with E-state index < -0.39 is 6.04 Å². The van der Waals surface area contributed by atoms with Crippen molar-refractivity contribution >= 4 is 66.9 Å². The van der Waals surface area contributed by atoms with Gasteiger partial charge in [0.1, 0.15) is 6.04 Å². The number of amides is 4. The largest absolute Gasteiger partial charge is 0.397 e. The van der Waals surface area contributed by atoms with Crippen LogP contribution in [0.2, 0.25) is 0 Å². The van der Waals surface area contributed by atoms with Crippen LogP contribution in [0.5, 0.6) is 0 Å². The van der Waals surface area contributed by atoms with E-state index in [1.165, 1.54) is 0 Å². The second-order valence-electron chi connectivity index (χ2n) is 10.8. The van der Waals surface area contributed by atoms with Crippen LogP contribution in [0.3, 0.4) is 0 Å². The predicted octanol–water partition coefficient (Wildman–Crippen LogP) is 4.23. The first-order valence-electron chi connectivity index (χ1n) is 13.7. The van der Waals surface area contributed by atoms with Gasteiger partial charge in [-0.05, 0) is 95.5 Å². The van der Waals surface area contributed by atoms with Crippen LogP contribution in [-0.4, -0.2) is 84.1 Å². The Morgan fingerprint density at radius 3 is 2.44 bits per heavy atom. The molecule has 2 aromatic rings. The lowest BCUT2D eigenvalue weighted by molar-refractivity contribution is -0.137. The summed E-state index contributed by atoms with van der Waals surface area (Å²) in [5, 5.41) is 5.79. The molecule has 2 aromatic carbocycles. The number of hydrogen-bond acceptors (Lipinski definition) is 6. The summed E-state index contributed by atoms with van der Waals surface area (Å²) in [6, 6.07) is 9.84. The second kappa shape index (κ2) is 13.8. The first kappa shape index (κ1) is 31.0. The fraction of sp³-hybridized carbons (Fsp3) is 0.448. The number of anilines is 2. The molecule has 1 atom stereocenters. The van der Waals surface area contributed by atoms with Crippen LogP contribution < -0.4 is 16.4 Å². The van der Waals surface area contributed by atoms with Crippen LogP contribution in [0.25, 0.3) is 0 Å². The third kappa shape index (κ3) is 7.87. The number of hydrogen-bond donors (Lipinski definition) is 3. The van der Waals surface area contributed by atoms with Crippen molar-refractivity contribution in [1.29, 1.82) is 0 Å². The Balaban J connectivity index is 1.43. The number of urea groups is 1. The van der Waals surface area contributed by atoms with Crippen molar-refractivity contribution in [3.05, 3.63) is 56.5 Å². The van der Waals surface area contributed by atoms with Gasteiger partial charge >= 0.3 is 6.03 Å². The van der Waals surface area contributed by atoms with Crippen LogP contribution in [0, 0.1) is 0 Å².